The van der Waals surface area contributed by atoms with Crippen molar-refractivity contribution in [3.63, 3.8) is 0 Å². The summed E-state index contributed by atoms with van der Waals surface area (Å²) in [5.41, 5.74) is -0.410. The molecule has 1 nitrogen and oxygen atoms in total. The fourth-order valence-corrected chi connectivity index (χ4v) is 1.66. The summed E-state index contributed by atoms with van der Waals surface area (Å²) in [4.78, 5) is 0. The lowest BCUT2D eigenvalue weighted by Gasteiger charge is -2.14. The number of unbranched alkanes of at least 4 members (excludes halogenated alkanes) is 3. The van der Waals surface area contributed by atoms with E-state index < -0.39 is 11.7 Å². The van der Waals surface area contributed by atoms with E-state index in [9.17, 15) is 13.2 Å². The fraction of sp³-hybridized carbons (Fsp3) is 0.538. The van der Waals surface area contributed by atoms with Gasteiger partial charge in [-0.2, -0.15) is 13.2 Å². The largest absolute Gasteiger partial charge is 0.418 e. The van der Waals surface area contributed by atoms with Gasteiger partial charge < -0.3 is 5.32 Å². The van der Waals surface area contributed by atoms with Crippen molar-refractivity contribution < 1.29 is 13.2 Å². The van der Waals surface area contributed by atoms with Crippen LogP contribution in [0.25, 0.3) is 0 Å². The van der Waals surface area contributed by atoms with Gasteiger partial charge in [0.05, 0.1) is 5.56 Å². The molecule has 0 atom stereocenters. The molecule has 0 aromatic heterocycles. The molecular formula is C13H18F3N. The quantitative estimate of drug-likeness (QED) is 0.716. The average Bonchev–Trinajstić information content (AvgIpc) is 2.28. The summed E-state index contributed by atoms with van der Waals surface area (Å²) >= 11 is 0. The Morgan fingerprint density at radius 2 is 1.76 bits per heavy atom. The van der Waals surface area contributed by atoms with E-state index in [-0.39, 0.29) is 5.69 Å². The Morgan fingerprint density at radius 3 is 2.41 bits per heavy atom. The summed E-state index contributed by atoms with van der Waals surface area (Å²) in [6.07, 6.45) is -0.0769. The van der Waals surface area contributed by atoms with Crippen LogP contribution in [0, 0.1) is 0 Å². The van der Waals surface area contributed by atoms with Gasteiger partial charge in [-0.15, -0.1) is 0 Å². The lowest BCUT2D eigenvalue weighted by Crippen LogP contribution is -2.11. The van der Waals surface area contributed by atoms with Crippen LogP contribution in [0.2, 0.25) is 0 Å². The lowest BCUT2D eigenvalue weighted by atomic mass is 10.1. The molecule has 0 unspecified atom stereocenters. The Labute approximate surface area is 100 Å². The standard InChI is InChI=1S/C13H18F3N/c1-2-3-4-7-10-17-12-9-6-5-8-11(12)13(14,15)16/h5-6,8-9,17H,2-4,7,10H2,1H3. The maximum Gasteiger partial charge on any atom is 0.418 e. The number of hydrogen-bond acceptors (Lipinski definition) is 1. The summed E-state index contributed by atoms with van der Waals surface area (Å²) < 4.78 is 37.9. The summed E-state index contributed by atoms with van der Waals surface area (Å²) in [7, 11) is 0. The fourth-order valence-electron chi connectivity index (χ4n) is 1.66. The highest BCUT2D eigenvalue weighted by molar-refractivity contribution is 5.52. The van der Waals surface area contributed by atoms with E-state index >= 15 is 0 Å². The minimum absolute atomic E-state index is 0.177. The number of para-hydroxylation sites is 1. The first-order chi connectivity index (χ1) is 8.05. The Bertz CT molecular complexity index is 334. The number of alkyl halides is 3. The molecule has 0 bridgehead atoms. The van der Waals surface area contributed by atoms with E-state index in [0.29, 0.717) is 6.54 Å². The molecule has 1 N–H and O–H groups in total. The third-order valence-corrected chi connectivity index (χ3v) is 2.58. The van der Waals surface area contributed by atoms with E-state index in [2.05, 4.69) is 12.2 Å². The highest BCUT2D eigenvalue weighted by Gasteiger charge is 2.32. The first-order valence-corrected chi connectivity index (χ1v) is 5.95. The molecule has 0 spiro atoms. The van der Waals surface area contributed by atoms with Crippen LogP contribution in [0.15, 0.2) is 24.3 Å². The Morgan fingerprint density at radius 1 is 1.06 bits per heavy atom. The molecule has 1 aromatic rings. The first kappa shape index (κ1) is 13.9. The normalized spacial score (nSPS) is 11.5. The van der Waals surface area contributed by atoms with Crippen LogP contribution in [-0.2, 0) is 6.18 Å². The Kier molecular flexibility index (Phi) is 5.32. The van der Waals surface area contributed by atoms with Crippen molar-refractivity contribution in [2.45, 2.75) is 38.8 Å². The predicted octanol–water partition coefficient (Wildman–Crippen LogP) is 4.70. The highest BCUT2D eigenvalue weighted by Crippen LogP contribution is 2.34. The van der Waals surface area contributed by atoms with Crippen molar-refractivity contribution in [1.29, 1.82) is 0 Å². The predicted molar refractivity (Wildman–Crippen MR) is 64.1 cm³/mol. The van der Waals surface area contributed by atoms with Gasteiger partial charge in [0.1, 0.15) is 0 Å². The van der Waals surface area contributed by atoms with Gasteiger partial charge in [-0.3, -0.25) is 0 Å². The van der Waals surface area contributed by atoms with Crippen molar-refractivity contribution in [1.82, 2.24) is 0 Å². The van der Waals surface area contributed by atoms with Gasteiger partial charge in [0.2, 0.25) is 0 Å². The van der Waals surface area contributed by atoms with Crippen molar-refractivity contribution in [3.05, 3.63) is 29.8 Å². The van der Waals surface area contributed by atoms with Crippen LogP contribution in [0.1, 0.15) is 38.2 Å². The molecule has 1 aromatic carbocycles. The van der Waals surface area contributed by atoms with Gasteiger partial charge >= 0.3 is 6.18 Å². The third-order valence-electron chi connectivity index (χ3n) is 2.58. The zero-order valence-corrected chi connectivity index (χ0v) is 9.98. The van der Waals surface area contributed by atoms with Gasteiger partial charge in [-0.05, 0) is 18.6 Å². The maximum atomic E-state index is 12.6. The molecule has 0 fully saturated rings. The molecule has 0 saturated heterocycles. The van der Waals surface area contributed by atoms with E-state index in [4.69, 9.17) is 0 Å². The minimum Gasteiger partial charge on any atom is -0.385 e. The van der Waals surface area contributed by atoms with Crippen LogP contribution in [-0.4, -0.2) is 6.54 Å². The number of hydrogen-bond donors (Lipinski definition) is 1. The topological polar surface area (TPSA) is 12.0 Å². The van der Waals surface area contributed by atoms with Crippen LogP contribution in [0.4, 0.5) is 18.9 Å². The molecular weight excluding hydrogens is 227 g/mol. The number of benzene rings is 1. The van der Waals surface area contributed by atoms with Crippen LogP contribution in [0.3, 0.4) is 0 Å². The molecule has 96 valence electrons. The summed E-state index contributed by atoms with van der Waals surface area (Å²) in [5, 5.41) is 2.86. The second kappa shape index (κ2) is 6.52. The van der Waals surface area contributed by atoms with E-state index in [0.717, 1.165) is 31.7 Å². The molecule has 0 aliphatic heterocycles. The van der Waals surface area contributed by atoms with Crippen LogP contribution in [0.5, 0.6) is 0 Å². The number of halogens is 3. The first-order valence-electron chi connectivity index (χ1n) is 5.95. The molecule has 17 heavy (non-hydrogen) atoms. The van der Waals surface area contributed by atoms with Gasteiger partial charge in [0.25, 0.3) is 0 Å². The van der Waals surface area contributed by atoms with Crippen molar-refractivity contribution in [3.8, 4) is 0 Å². The van der Waals surface area contributed by atoms with Crippen molar-refractivity contribution >= 4 is 5.69 Å². The molecule has 0 aliphatic carbocycles. The second-order valence-electron chi connectivity index (χ2n) is 4.03. The number of anilines is 1. The molecule has 0 amide bonds. The van der Waals surface area contributed by atoms with Crippen molar-refractivity contribution in [2.75, 3.05) is 11.9 Å². The minimum atomic E-state index is -4.28. The second-order valence-corrected chi connectivity index (χ2v) is 4.03. The summed E-state index contributed by atoms with van der Waals surface area (Å²) in [6, 6.07) is 5.60. The van der Waals surface area contributed by atoms with Crippen LogP contribution >= 0.6 is 0 Å². The van der Waals surface area contributed by atoms with E-state index in [1.165, 1.54) is 12.1 Å². The number of nitrogens with one attached hydrogen (secondary N) is 1. The van der Waals surface area contributed by atoms with Gasteiger partial charge in [-0.25, -0.2) is 0 Å². The smallest absolute Gasteiger partial charge is 0.385 e. The van der Waals surface area contributed by atoms with E-state index in [1.54, 1.807) is 6.07 Å². The molecule has 0 heterocycles. The third kappa shape index (κ3) is 4.67. The van der Waals surface area contributed by atoms with Gasteiger partial charge in [0.15, 0.2) is 0 Å². The molecule has 0 saturated carbocycles. The van der Waals surface area contributed by atoms with Crippen molar-refractivity contribution in [2.24, 2.45) is 0 Å². The monoisotopic (exact) mass is 245 g/mol. The lowest BCUT2D eigenvalue weighted by molar-refractivity contribution is -0.136. The molecule has 0 aliphatic rings. The zero-order chi connectivity index (χ0) is 12.7. The maximum absolute atomic E-state index is 12.6. The van der Waals surface area contributed by atoms with Crippen LogP contribution < -0.4 is 5.32 Å². The van der Waals surface area contributed by atoms with Gasteiger partial charge in [0, 0.05) is 12.2 Å². The zero-order valence-electron chi connectivity index (χ0n) is 9.98. The highest BCUT2D eigenvalue weighted by atomic mass is 19.4. The molecule has 1 rings (SSSR count). The molecule has 0 radical (unpaired) electrons. The number of rotatable bonds is 6. The Balaban J connectivity index is 2.53. The molecule has 4 heteroatoms. The SMILES string of the molecule is CCCCCCNc1ccccc1C(F)(F)F. The Hall–Kier alpha value is -1.19. The summed E-state index contributed by atoms with van der Waals surface area (Å²) in [5.74, 6) is 0. The van der Waals surface area contributed by atoms with Gasteiger partial charge in [-0.1, -0.05) is 38.3 Å². The van der Waals surface area contributed by atoms with E-state index in [1.807, 2.05) is 0 Å². The average molecular weight is 245 g/mol. The summed E-state index contributed by atoms with van der Waals surface area (Å²) in [6.45, 7) is 2.69.